The van der Waals surface area contributed by atoms with Crippen LogP contribution in [0.15, 0.2) is 59.5 Å². The van der Waals surface area contributed by atoms with Crippen molar-refractivity contribution in [3.63, 3.8) is 0 Å². The number of ether oxygens (including phenoxy) is 2. The Morgan fingerprint density at radius 1 is 1.02 bits per heavy atom. The van der Waals surface area contributed by atoms with Crippen LogP contribution in [0.4, 0.5) is 10.1 Å². The molecule has 2 saturated heterocycles. The Morgan fingerprint density at radius 3 is 2.37 bits per heavy atom. The van der Waals surface area contributed by atoms with Gasteiger partial charge in [-0.25, -0.2) is 9.29 Å². The van der Waals surface area contributed by atoms with Crippen molar-refractivity contribution in [3.8, 4) is 17.2 Å². The number of hydrogen-bond acceptors (Lipinski definition) is 8. The van der Waals surface area contributed by atoms with E-state index in [1.54, 1.807) is 19.1 Å². The second-order valence-electron chi connectivity index (χ2n) is 12.4. The summed E-state index contributed by atoms with van der Waals surface area (Å²) in [7, 11) is 2.79. The predicted molar refractivity (Wildman–Crippen MR) is 167 cm³/mol. The number of fused-ring (bicyclic) bond motifs is 4. The standard InChI is InChI=1S/C34H30ClFN2O7S/c1-34-22(31(41)38(33(34)43)17-6-9-24(36)23(35)13-17)14-21-19(28(34)16-11-25(44-2)29(39)26(12-16)45-3)7-8-20-27(21)32(42)37(30(20)40)15-18-5-4-10-46-18/h4-7,9-13,20-22,27-28,39H,8,14-15H2,1-3H3/t20-,21+,22-,27-,28-,34+/m0/s1. The van der Waals surface area contributed by atoms with Crippen LogP contribution in [0.1, 0.15) is 36.1 Å². The predicted octanol–water partition coefficient (Wildman–Crippen LogP) is 5.69. The van der Waals surface area contributed by atoms with Crippen LogP contribution in [0.2, 0.25) is 5.02 Å². The first-order chi connectivity index (χ1) is 22.0. The summed E-state index contributed by atoms with van der Waals surface area (Å²) < 4.78 is 25.0. The molecule has 9 nitrogen and oxygen atoms in total. The average molecular weight is 665 g/mol. The molecule has 238 valence electrons. The number of phenols is 1. The van der Waals surface area contributed by atoms with Crippen molar-refractivity contribution in [2.24, 2.45) is 29.1 Å². The molecule has 3 aromatic rings. The van der Waals surface area contributed by atoms with E-state index < -0.39 is 52.6 Å². The Balaban J connectivity index is 1.38. The molecule has 46 heavy (non-hydrogen) atoms. The van der Waals surface area contributed by atoms with Gasteiger partial charge in [0.2, 0.25) is 29.4 Å². The number of aromatic hydroxyl groups is 1. The van der Waals surface area contributed by atoms with E-state index in [0.717, 1.165) is 21.4 Å². The lowest BCUT2D eigenvalue weighted by Crippen LogP contribution is -2.48. The molecule has 1 saturated carbocycles. The van der Waals surface area contributed by atoms with Gasteiger partial charge < -0.3 is 14.6 Å². The second-order valence-corrected chi connectivity index (χ2v) is 13.8. The molecule has 7 rings (SSSR count). The van der Waals surface area contributed by atoms with Gasteiger partial charge in [0.15, 0.2) is 11.5 Å². The highest BCUT2D eigenvalue weighted by Gasteiger charge is 2.67. The van der Waals surface area contributed by atoms with Crippen LogP contribution in [0.5, 0.6) is 17.2 Å². The summed E-state index contributed by atoms with van der Waals surface area (Å²) in [5, 5.41) is 12.4. The summed E-state index contributed by atoms with van der Waals surface area (Å²) >= 11 is 7.54. The Bertz CT molecular complexity index is 1820. The number of allylic oxidation sites excluding steroid dienone is 2. The van der Waals surface area contributed by atoms with Crippen LogP contribution < -0.4 is 14.4 Å². The minimum Gasteiger partial charge on any atom is -0.502 e. The van der Waals surface area contributed by atoms with Gasteiger partial charge in [-0.15, -0.1) is 11.3 Å². The van der Waals surface area contributed by atoms with Crippen LogP contribution in [-0.2, 0) is 25.7 Å². The van der Waals surface area contributed by atoms with Crippen molar-refractivity contribution < 1.29 is 38.1 Å². The number of thiophene rings is 1. The van der Waals surface area contributed by atoms with E-state index in [1.807, 2.05) is 23.6 Å². The molecule has 0 bridgehead atoms. The van der Waals surface area contributed by atoms with E-state index in [9.17, 15) is 28.7 Å². The molecule has 1 N–H and O–H groups in total. The minimum atomic E-state index is -1.36. The molecule has 2 aromatic carbocycles. The highest BCUT2D eigenvalue weighted by atomic mass is 35.5. The van der Waals surface area contributed by atoms with Crippen molar-refractivity contribution in [2.45, 2.75) is 32.2 Å². The van der Waals surface area contributed by atoms with E-state index in [1.165, 1.54) is 42.6 Å². The molecule has 2 aliphatic carbocycles. The summed E-state index contributed by atoms with van der Waals surface area (Å²) in [6.07, 6.45) is 2.40. The third kappa shape index (κ3) is 4.24. The number of carbonyl (C=O) groups excluding carboxylic acids is 4. The number of benzene rings is 2. The lowest BCUT2D eigenvalue weighted by atomic mass is 9.51. The smallest absolute Gasteiger partial charge is 0.241 e. The molecule has 4 amide bonds. The third-order valence-corrected chi connectivity index (χ3v) is 11.4. The third-order valence-electron chi connectivity index (χ3n) is 10.3. The number of methoxy groups -OCH3 is 2. The summed E-state index contributed by atoms with van der Waals surface area (Å²) in [5.74, 6) is -5.69. The molecule has 0 radical (unpaired) electrons. The molecule has 12 heteroatoms. The minimum absolute atomic E-state index is 0.110. The number of phenolic OH excluding ortho intramolecular Hbond substituents is 1. The number of hydrogen-bond donors (Lipinski definition) is 1. The number of amides is 4. The highest BCUT2D eigenvalue weighted by Crippen LogP contribution is 2.64. The molecular formula is C34H30ClFN2O7S. The Kier molecular flexibility index (Phi) is 7.24. The van der Waals surface area contributed by atoms with Gasteiger partial charge in [-0.1, -0.05) is 29.3 Å². The number of carbonyl (C=O) groups is 4. The van der Waals surface area contributed by atoms with Crippen LogP contribution in [0.25, 0.3) is 0 Å². The van der Waals surface area contributed by atoms with Crippen molar-refractivity contribution in [2.75, 3.05) is 19.1 Å². The summed E-state index contributed by atoms with van der Waals surface area (Å²) in [4.78, 5) is 59.9. The lowest BCUT2D eigenvalue weighted by molar-refractivity contribution is -0.141. The Hall–Kier alpha value is -4.22. The van der Waals surface area contributed by atoms with Crippen molar-refractivity contribution in [1.29, 1.82) is 0 Å². The topological polar surface area (TPSA) is 113 Å². The summed E-state index contributed by atoms with van der Waals surface area (Å²) in [6, 6.07) is 10.7. The molecular weight excluding hydrogens is 635 g/mol. The summed E-state index contributed by atoms with van der Waals surface area (Å²) in [6.45, 7) is 1.91. The second kappa shape index (κ2) is 10.9. The molecule has 0 unspecified atom stereocenters. The van der Waals surface area contributed by atoms with Crippen LogP contribution in [0.3, 0.4) is 0 Å². The van der Waals surface area contributed by atoms with Gasteiger partial charge in [0.25, 0.3) is 0 Å². The lowest BCUT2D eigenvalue weighted by Gasteiger charge is -2.49. The Labute approximate surface area is 273 Å². The number of halogens is 2. The number of likely N-dealkylation sites (tertiary alicyclic amines) is 1. The van der Waals surface area contributed by atoms with Gasteiger partial charge in [0, 0.05) is 10.8 Å². The molecule has 4 aliphatic rings. The van der Waals surface area contributed by atoms with E-state index in [2.05, 4.69) is 0 Å². The molecule has 3 fully saturated rings. The number of imide groups is 2. The van der Waals surface area contributed by atoms with E-state index in [-0.39, 0.29) is 52.7 Å². The van der Waals surface area contributed by atoms with Gasteiger partial charge in [-0.3, -0.25) is 24.1 Å². The average Bonchev–Trinajstić information content (AvgIpc) is 3.70. The van der Waals surface area contributed by atoms with Gasteiger partial charge in [0.05, 0.1) is 54.6 Å². The van der Waals surface area contributed by atoms with Crippen LogP contribution in [0, 0.1) is 34.9 Å². The first-order valence-corrected chi connectivity index (χ1v) is 16.1. The van der Waals surface area contributed by atoms with Crippen molar-refractivity contribution in [3.05, 3.63) is 80.8 Å². The fraction of sp³-hybridized carbons (Fsp3) is 0.353. The van der Waals surface area contributed by atoms with E-state index in [4.69, 9.17) is 21.1 Å². The first kappa shape index (κ1) is 30.4. The van der Waals surface area contributed by atoms with Gasteiger partial charge in [-0.2, -0.15) is 0 Å². The van der Waals surface area contributed by atoms with Crippen LogP contribution in [-0.4, -0.2) is 47.9 Å². The van der Waals surface area contributed by atoms with E-state index >= 15 is 0 Å². The Morgan fingerprint density at radius 2 is 1.74 bits per heavy atom. The van der Waals surface area contributed by atoms with Gasteiger partial charge in [0.1, 0.15) is 5.82 Å². The number of anilines is 1. The monoisotopic (exact) mass is 664 g/mol. The molecule has 1 aromatic heterocycles. The molecule has 2 aliphatic heterocycles. The number of nitrogens with zero attached hydrogens (tertiary/aromatic N) is 2. The normalized spacial score (nSPS) is 28.6. The maximum Gasteiger partial charge on any atom is 0.241 e. The maximum absolute atomic E-state index is 14.6. The van der Waals surface area contributed by atoms with Crippen molar-refractivity contribution >= 4 is 52.3 Å². The quantitative estimate of drug-likeness (QED) is 0.266. The highest BCUT2D eigenvalue weighted by molar-refractivity contribution is 7.09. The molecule has 6 atom stereocenters. The first-order valence-electron chi connectivity index (χ1n) is 14.9. The SMILES string of the molecule is COc1cc([C@H]2C3=CC[C@@H]4C(=O)N(Cc5cccs5)C(=O)[C@@H]4[C@@H]3C[C@H]3C(=O)N(c4ccc(F)c(Cl)c4)C(=O)[C@@]23C)cc(OC)c1O. The zero-order valence-electron chi connectivity index (χ0n) is 25.2. The molecule has 0 spiro atoms. The fourth-order valence-electron chi connectivity index (χ4n) is 8.13. The van der Waals surface area contributed by atoms with Crippen LogP contribution >= 0.6 is 22.9 Å². The van der Waals surface area contributed by atoms with E-state index in [0.29, 0.717) is 12.0 Å². The zero-order chi connectivity index (χ0) is 32.7. The van der Waals surface area contributed by atoms with Gasteiger partial charge >= 0.3 is 0 Å². The maximum atomic E-state index is 14.6. The van der Waals surface area contributed by atoms with Crippen molar-refractivity contribution in [1.82, 2.24) is 4.90 Å². The zero-order valence-corrected chi connectivity index (χ0v) is 26.7. The summed E-state index contributed by atoms with van der Waals surface area (Å²) in [5.41, 5.74) is 0.0955. The fourth-order valence-corrected chi connectivity index (χ4v) is 8.99. The largest absolute Gasteiger partial charge is 0.502 e. The number of rotatable bonds is 6. The molecule has 3 heterocycles. The van der Waals surface area contributed by atoms with Gasteiger partial charge in [-0.05, 0) is 73.0 Å².